The molecule has 0 amide bonds. The van der Waals surface area contributed by atoms with Crippen molar-refractivity contribution >= 4 is 40.7 Å². The first-order chi connectivity index (χ1) is 19.5. The lowest BCUT2D eigenvalue weighted by molar-refractivity contribution is -0.183. The zero-order valence-corrected chi connectivity index (χ0v) is 24.7. The molecule has 9 heteroatoms. The number of Topliss-reactive ketones (excluding diaryl/α,β-unsaturated/α-hetero) is 1. The van der Waals surface area contributed by atoms with Gasteiger partial charge in [-0.05, 0) is 98.1 Å². The minimum Gasteiger partial charge on any atom is -0.484 e. The van der Waals surface area contributed by atoms with E-state index in [1.54, 1.807) is 24.3 Å². The first kappa shape index (κ1) is 28.5. The molecule has 4 aliphatic carbocycles. The number of esters is 1. The highest BCUT2D eigenvalue weighted by atomic mass is 35.5. The van der Waals surface area contributed by atoms with Crippen molar-refractivity contribution in [1.29, 1.82) is 0 Å². The van der Waals surface area contributed by atoms with Crippen LogP contribution in [0.1, 0.15) is 69.3 Å². The smallest absolute Gasteiger partial charge is 0.375 e. The average Bonchev–Trinajstić information content (AvgIpc) is 3.55. The molecule has 5 unspecified atom stereocenters. The molecule has 4 aliphatic rings. The van der Waals surface area contributed by atoms with E-state index in [0.717, 1.165) is 18.4 Å². The third kappa shape index (κ3) is 4.47. The maximum Gasteiger partial charge on any atom is 0.375 e. The Morgan fingerprint density at radius 2 is 1.93 bits per heavy atom. The minimum atomic E-state index is -1.54. The van der Waals surface area contributed by atoms with Crippen molar-refractivity contribution in [2.75, 3.05) is 6.61 Å². The SMILES string of the molecule is CC12CCC(=O)C=C1CCC1C2[C@@H](O)CC2(C)C1CC[C@]2(OC(=O)c1ccco1)C(=O)COc1ccc(Cl)cc1Cl. The highest BCUT2D eigenvalue weighted by Crippen LogP contribution is 2.68. The van der Waals surface area contributed by atoms with Gasteiger partial charge < -0.3 is 19.0 Å². The van der Waals surface area contributed by atoms with Gasteiger partial charge in [0.05, 0.1) is 17.4 Å². The number of aliphatic hydroxyl groups excluding tert-OH is 1. The number of fused-ring (bicyclic) bond motifs is 5. The van der Waals surface area contributed by atoms with E-state index in [9.17, 15) is 19.5 Å². The first-order valence-corrected chi connectivity index (χ1v) is 15.0. The zero-order valence-electron chi connectivity index (χ0n) is 23.2. The number of allylic oxidation sites excluding steroid dienone is 1. The predicted molar refractivity (Wildman–Crippen MR) is 152 cm³/mol. The zero-order chi connectivity index (χ0) is 29.2. The number of rotatable bonds is 6. The highest BCUT2D eigenvalue weighted by molar-refractivity contribution is 6.35. The van der Waals surface area contributed by atoms with Crippen molar-refractivity contribution in [3.8, 4) is 5.75 Å². The molecule has 3 saturated carbocycles. The maximum absolute atomic E-state index is 14.2. The van der Waals surface area contributed by atoms with Gasteiger partial charge in [-0.2, -0.15) is 0 Å². The Labute approximate surface area is 249 Å². The van der Waals surface area contributed by atoms with E-state index >= 15 is 0 Å². The molecule has 7 nitrogen and oxygen atoms in total. The molecular formula is C32H34Cl2O7. The molecule has 2 aromatic rings. The van der Waals surface area contributed by atoms with Crippen LogP contribution in [0.15, 0.2) is 52.7 Å². The molecular weight excluding hydrogens is 567 g/mol. The van der Waals surface area contributed by atoms with E-state index in [1.807, 2.05) is 6.92 Å². The molecule has 218 valence electrons. The van der Waals surface area contributed by atoms with Crippen molar-refractivity contribution in [1.82, 2.24) is 0 Å². The first-order valence-electron chi connectivity index (χ1n) is 14.3. The van der Waals surface area contributed by atoms with Crippen LogP contribution >= 0.6 is 23.2 Å². The van der Waals surface area contributed by atoms with Crippen molar-refractivity contribution in [3.63, 3.8) is 0 Å². The van der Waals surface area contributed by atoms with Crippen molar-refractivity contribution in [2.24, 2.45) is 28.6 Å². The number of benzene rings is 1. The number of carbonyl (C=O) groups is 3. The van der Waals surface area contributed by atoms with Crippen LogP contribution in [0.4, 0.5) is 0 Å². The molecule has 1 aromatic carbocycles. The monoisotopic (exact) mass is 600 g/mol. The summed E-state index contributed by atoms with van der Waals surface area (Å²) in [5.41, 5.74) is -1.52. The van der Waals surface area contributed by atoms with Gasteiger partial charge in [0.15, 0.2) is 18.0 Å². The second-order valence-corrected chi connectivity index (χ2v) is 13.4. The van der Waals surface area contributed by atoms with Crippen LogP contribution in [0.3, 0.4) is 0 Å². The number of hydrogen-bond donors (Lipinski definition) is 1. The average molecular weight is 602 g/mol. The van der Waals surface area contributed by atoms with Gasteiger partial charge in [-0.25, -0.2) is 4.79 Å². The third-order valence-corrected chi connectivity index (χ3v) is 11.2. The maximum atomic E-state index is 14.2. The Kier molecular flexibility index (Phi) is 7.15. The van der Waals surface area contributed by atoms with E-state index in [1.165, 1.54) is 18.4 Å². The van der Waals surface area contributed by atoms with Crippen LogP contribution in [0.2, 0.25) is 10.0 Å². The Balaban J connectivity index is 1.35. The van der Waals surface area contributed by atoms with Gasteiger partial charge >= 0.3 is 5.97 Å². The summed E-state index contributed by atoms with van der Waals surface area (Å²) >= 11 is 12.3. The summed E-state index contributed by atoms with van der Waals surface area (Å²) in [5, 5.41) is 12.6. The molecule has 0 spiro atoms. The lowest BCUT2D eigenvalue weighted by Gasteiger charge is -2.60. The Morgan fingerprint density at radius 3 is 2.66 bits per heavy atom. The van der Waals surface area contributed by atoms with Crippen molar-refractivity contribution in [2.45, 2.75) is 70.5 Å². The second-order valence-electron chi connectivity index (χ2n) is 12.6. The highest BCUT2D eigenvalue weighted by Gasteiger charge is 2.70. The largest absolute Gasteiger partial charge is 0.484 e. The summed E-state index contributed by atoms with van der Waals surface area (Å²) in [6, 6.07) is 7.84. The summed E-state index contributed by atoms with van der Waals surface area (Å²) in [5.74, 6) is -0.546. The normalized spacial score (nSPS) is 36.0. The molecule has 0 aliphatic heterocycles. The third-order valence-electron chi connectivity index (χ3n) is 10.7. The van der Waals surface area contributed by atoms with Crippen LogP contribution in [-0.4, -0.2) is 41.0 Å². The van der Waals surface area contributed by atoms with Crippen LogP contribution in [0, 0.1) is 28.6 Å². The number of carbonyl (C=O) groups excluding carboxylic acids is 3. The van der Waals surface area contributed by atoms with Crippen LogP contribution in [0.25, 0.3) is 0 Å². The predicted octanol–water partition coefficient (Wildman–Crippen LogP) is 6.63. The number of aliphatic hydroxyl groups is 1. The molecule has 3 fully saturated rings. The van der Waals surface area contributed by atoms with Gasteiger partial charge in [-0.3, -0.25) is 9.59 Å². The van der Waals surface area contributed by atoms with Gasteiger partial charge in [-0.1, -0.05) is 42.6 Å². The molecule has 41 heavy (non-hydrogen) atoms. The van der Waals surface area contributed by atoms with Crippen LogP contribution in [0.5, 0.6) is 5.75 Å². The number of ether oxygens (including phenoxy) is 2. The van der Waals surface area contributed by atoms with E-state index in [-0.39, 0.29) is 58.5 Å². The molecule has 7 atom stereocenters. The molecule has 0 radical (unpaired) electrons. The summed E-state index contributed by atoms with van der Waals surface area (Å²) in [7, 11) is 0. The number of hydrogen-bond acceptors (Lipinski definition) is 7. The van der Waals surface area contributed by atoms with Crippen molar-refractivity contribution in [3.05, 3.63) is 64.0 Å². The van der Waals surface area contributed by atoms with E-state index in [0.29, 0.717) is 36.5 Å². The Bertz CT molecular complexity index is 1420. The Morgan fingerprint density at radius 1 is 1.12 bits per heavy atom. The number of furan rings is 1. The van der Waals surface area contributed by atoms with Crippen LogP contribution < -0.4 is 4.74 Å². The van der Waals surface area contributed by atoms with E-state index in [2.05, 4.69) is 6.92 Å². The molecule has 6 rings (SSSR count). The van der Waals surface area contributed by atoms with Gasteiger partial charge in [0.25, 0.3) is 0 Å². The summed E-state index contributed by atoms with van der Waals surface area (Å²) < 4.78 is 17.4. The minimum absolute atomic E-state index is 0.00644. The molecule has 1 N–H and O–H groups in total. The van der Waals surface area contributed by atoms with Gasteiger partial charge in [0.2, 0.25) is 11.5 Å². The quantitative estimate of drug-likeness (QED) is 0.371. The molecule has 0 saturated heterocycles. The van der Waals surface area contributed by atoms with Crippen LogP contribution in [-0.2, 0) is 14.3 Å². The number of ketones is 2. The standard InChI is InChI=1S/C32H34Cl2O7/c1-30-11-9-20(35)14-18(30)5-7-21-22-10-12-32(31(22,2)16-24(36)28(21)30,41-29(38)26-4-3-13-39-26)27(37)17-40-25-8-6-19(33)15-23(25)34/h3-4,6,8,13-15,21-22,24,28,36H,5,7,9-12,16-17H2,1-2H3/t21?,22?,24-,28?,30?,31?,32-/m0/s1. The fourth-order valence-electron chi connectivity index (χ4n) is 8.81. The van der Waals surface area contributed by atoms with E-state index < -0.39 is 23.1 Å². The fraction of sp³-hybridized carbons (Fsp3) is 0.531. The molecule has 0 bridgehead atoms. The lowest BCUT2D eigenvalue weighted by atomic mass is 9.45. The summed E-state index contributed by atoms with van der Waals surface area (Å²) in [6.07, 6.45) is 6.50. The summed E-state index contributed by atoms with van der Waals surface area (Å²) in [4.78, 5) is 39.8. The Hall–Kier alpha value is -2.61. The lowest BCUT2D eigenvalue weighted by Crippen LogP contribution is -2.63. The molecule has 1 heterocycles. The van der Waals surface area contributed by atoms with Gasteiger partial charge in [0.1, 0.15) is 5.75 Å². The van der Waals surface area contributed by atoms with Gasteiger partial charge in [0, 0.05) is 16.9 Å². The molecule has 1 aromatic heterocycles. The van der Waals surface area contributed by atoms with Crippen molar-refractivity contribution < 1.29 is 33.4 Å². The second kappa shape index (κ2) is 10.3. The van der Waals surface area contributed by atoms with E-state index in [4.69, 9.17) is 37.1 Å². The number of halogens is 2. The fourth-order valence-corrected chi connectivity index (χ4v) is 9.28. The summed E-state index contributed by atoms with van der Waals surface area (Å²) in [6.45, 7) is 3.79. The van der Waals surface area contributed by atoms with Gasteiger partial charge in [-0.15, -0.1) is 0 Å². The topological polar surface area (TPSA) is 103 Å².